The summed E-state index contributed by atoms with van der Waals surface area (Å²) in [5.41, 5.74) is 4.55. The average molecular weight is 525 g/mol. The number of pyridine rings is 2. The normalized spacial score (nSPS) is 14.9. The van der Waals surface area contributed by atoms with Gasteiger partial charge in [0.05, 0.1) is 29.0 Å². The first-order valence-electron chi connectivity index (χ1n) is 12.2. The number of aromatic nitrogens is 4. The molecule has 2 atom stereocenters. The van der Waals surface area contributed by atoms with Gasteiger partial charge in [-0.05, 0) is 49.6 Å². The van der Waals surface area contributed by atoms with Crippen molar-refractivity contribution in [1.29, 1.82) is 0 Å². The van der Waals surface area contributed by atoms with Gasteiger partial charge in [0.25, 0.3) is 0 Å². The number of aliphatic carboxylic acids is 1. The van der Waals surface area contributed by atoms with E-state index in [1.165, 1.54) is 18.2 Å². The van der Waals surface area contributed by atoms with Crippen LogP contribution < -0.4 is 34.7 Å². The van der Waals surface area contributed by atoms with Crippen LogP contribution in [0.25, 0.3) is 34.1 Å². The fourth-order valence-electron chi connectivity index (χ4n) is 4.58. The standard InChI is InChI=1S/C28H27FN4O4.Na/c1-16-25-26(17-7-9-19(29)10-8-17)22(12-11-20(34)14-21(35)15-24(36)37)27(18-5-6-18)31-28(25)33(32-16)23-4-2-3-13-30-23;/h2-4,7-13,18,20-21,34-35H,5-6,14-15H2,1H3,(H,36,37);/q;+1/p-1/b12-11+;/t20-,21-;/m1./s1. The van der Waals surface area contributed by atoms with E-state index in [1.54, 1.807) is 29.1 Å². The van der Waals surface area contributed by atoms with Gasteiger partial charge in [0, 0.05) is 42.1 Å². The summed E-state index contributed by atoms with van der Waals surface area (Å²) in [4.78, 5) is 20.2. The Bertz CT molecular complexity index is 1470. The summed E-state index contributed by atoms with van der Waals surface area (Å²) >= 11 is 0. The number of fused-ring (bicyclic) bond motifs is 1. The van der Waals surface area contributed by atoms with E-state index in [9.17, 15) is 24.5 Å². The number of hydrogen-bond donors (Lipinski definition) is 2. The Morgan fingerprint density at radius 1 is 1.21 bits per heavy atom. The molecule has 0 amide bonds. The van der Waals surface area contributed by atoms with E-state index in [4.69, 9.17) is 10.1 Å². The molecule has 38 heavy (non-hydrogen) atoms. The molecule has 1 aromatic carbocycles. The number of nitrogens with zero attached hydrogens (tertiary/aromatic N) is 4. The third kappa shape index (κ3) is 6.03. The molecule has 0 saturated heterocycles. The van der Waals surface area contributed by atoms with Crippen molar-refractivity contribution in [2.75, 3.05) is 0 Å². The van der Waals surface area contributed by atoms with Gasteiger partial charge in [0.1, 0.15) is 5.82 Å². The van der Waals surface area contributed by atoms with E-state index in [1.807, 2.05) is 25.1 Å². The molecule has 8 nitrogen and oxygen atoms in total. The first kappa shape index (κ1) is 28.1. The molecule has 190 valence electrons. The summed E-state index contributed by atoms with van der Waals surface area (Å²) in [6.45, 7) is 1.88. The van der Waals surface area contributed by atoms with E-state index >= 15 is 0 Å². The number of aliphatic hydroxyl groups is 2. The molecule has 0 aliphatic heterocycles. The van der Waals surface area contributed by atoms with E-state index in [0.717, 1.165) is 46.3 Å². The SMILES string of the molecule is Cc1nn(-c2ccccn2)c2nc(C3CC3)c(/C=C/[C@@H](O)C[C@@H](O)CC(=O)[O-])c(-c3ccc(F)cc3)c12.[Na+]. The summed E-state index contributed by atoms with van der Waals surface area (Å²) < 4.78 is 15.6. The number of carbonyl (C=O) groups excluding carboxylic acids is 1. The van der Waals surface area contributed by atoms with Crippen LogP contribution in [0.2, 0.25) is 0 Å². The summed E-state index contributed by atoms with van der Waals surface area (Å²) in [5.74, 6) is -0.892. The van der Waals surface area contributed by atoms with Crippen molar-refractivity contribution in [3.8, 4) is 16.9 Å². The van der Waals surface area contributed by atoms with E-state index in [2.05, 4.69) is 4.98 Å². The number of halogens is 1. The molecule has 0 radical (unpaired) electrons. The van der Waals surface area contributed by atoms with Crippen LogP contribution in [0.5, 0.6) is 0 Å². The monoisotopic (exact) mass is 524 g/mol. The zero-order valence-corrected chi connectivity index (χ0v) is 23.2. The van der Waals surface area contributed by atoms with E-state index in [0.29, 0.717) is 11.5 Å². The Morgan fingerprint density at radius 2 is 1.95 bits per heavy atom. The fraction of sp³-hybridized carbons (Fsp3) is 0.286. The predicted octanol–water partition coefficient (Wildman–Crippen LogP) is 0.0765. The molecule has 1 saturated carbocycles. The fourth-order valence-corrected chi connectivity index (χ4v) is 4.58. The first-order valence-corrected chi connectivity index (χ1v) is 12.2. The Hall–Kier alpha value is -2.95. The van der Waals surface area contributed by atoms with Crippen molar-refractivity contribution >= 4 is 23.1 Å². The molecular formula is C28H26FN4NaO4. The molecule has 4 aromatic rings. The number of benzene rings is 1. The van der Waals surface area contributed by atoms with Crippen molar-refractivity contribution in [3.05, 3.63) is 77.5 Å². The van der Waals surface area contributed by atoms with E-state index in [-0.39, 0.29) is 47.7 Å². The van der Waals surface area contributed by atoms with Gasteiger partial charge in [0.15, 0.2) is 11.5 Å². The number of aliphatic hydroxyl groups excluding tert-OH is 2. The topological polar surface area (TPSA) is 124 Å². The van der Waals surface area contributed by atoms with Crippen molar-refractivity contribution in [1.82, 2.24) is 19.7 Å². The second kappa shape index (κ2) is 11.8. The molecule has 5 rings (SSSR count). The maximum absolute atomic E-state index is 13.9. The third-order valence-corrected chi connectivity index (χ3v) is 6.42. The number of aryl methyl sites for hydroxylation is 1. The molecule has 3 aromatic heterocycles. The maximum atomic E-state index is 13.9. The maximum Gasteiger partial charge on any atom is 1.00 e. The molecule has 0 spiro atoms. The molecule has 10 heteroatoms. The van der Waals surface area contributed by atoms with Crippen LogP contribution in [0.4, 0.5) is 4.39 Å². The van der Waals surface area contributed by atoms with Crippen molar-refractivity contribution in [3.63, 3.8) is 0 Å². The van der Waals surface area contributed by atoms with Crippen LogP contribution in [0.1, 0.15) is 48.6 Å². The molecule has 0 bridgehead atoms. The Kier molecular flexibility index (Phi) is 8.74. The van der Waals surface area contributed by atoms with E-state index < -0.39 is 24.6 Å². The van der Waals surface area contributed by atoms with Crippen molar-refractivity contribution < 1.29 is 54.1 Å². The largest absolute Gasteiger partial charge is 1.00 e. The predicted molar refractivity (Wildman–Crippen MR) is 134 cm³/mol. The summed E-state index contributed by atoms with van der Waals surface area (Å²) in [7, 11) is 0. The minimum absolute atomic E-state index is 0. The van der Waals surface area contributed by atoms with Crippen LogP contribution in [0.15, 0.2) is 54.7 Å². The van der Waals surface area contributed by atoms with Crippen molar-refractivity contribution in [2.24, 2.45) is 0 Å². The zero-order valence-electron chi connectivity index (χ0n) is 21.2. The Balaban J connectivity index is 0.00000336. The molecule has 1 aliphatic rings. The first-order chi connectivity index (χ1) is 17.8. The van der Waals surface area contributed by atoms with Crippen LogP contribution in [0, 0.1) is 12.7 Å². The van der Waals surface area contributed by atoms with Gasteiger partial charge in [-0.1, -0.05) is 30.4 Å². The van der Waals surface area contributed by atoms with Gasteiger partial charge >= 0.3 is 29.6 Å². The number of carboxylic acid groups (broad SMARTS) is 1. The van der Waals surface area contributed by atoms with Crippen LogP contribution >= 0.6 is 0 Å². The average Bonchev–Trinajstić information content (AvgIpc) is 3.66. The van der Waals surface area contributed by atoms with Gasteiger partial charge in [0.2, 0.25) is 0 Å². The molecular weight excluding hydrogens is 498 g/mol. The van der Waals surface area contributed by atoms with Crippen LogP contribution in [-0.4, -0.2) is 48.1 Å². The summed E-state index contributed by atoms with van der Waals surface area (Å²) in [6, 6.07) is 11.8. The minimum atomic E-state index is -1.38. The van der Waals surface area contributed by atoms with Gasteiger partial charge < -0.3 is 20.1 Å². The van der Waals surface area contributed by atoms with Crippen LogP contribution in [0.3, 0.4) is 0 Å². The molecule has 1 fully saturated rings. The third-order valence-electron chi connectivity index (χ3n) is 6.42. The number of rotatable bonds is 9. The van der Waals surface area contributed by atoms with Gasteiger partial charge in [-0.2, -0.15) is 9.78 Å². The quantitative estimate of drug-likeness (QED) is 0.297. The zero-order chi connectivity index (χ0) is 26.1. The molecule has 2 N–H and O–H groups in total. The number of hydrogen-bond acceptors (Lipinski definition) is 7. The van der Waals surface area contributed by atoms with Gasteiger partial charge in [-0.15, -0.1) is 0 Å². The Labute approximate surface area is 241 Å². The van der Waals surface area contributed by atoms with Crippen LogP contribution in [-0.2, 0) is 4.79 Å². The smallest absolute Gasteiger partial charge is 0.550 e. The molecule has 0 unspecified atom stereocenters. The van der Waals surface area contributed by atoms with Crippen molar-refractivity contribution in [2.45, 2.75) is 50.7 Å². The van der Waals surface area contributed by atoms with Gasteiger partial charge in [-0.25, -0.2) is 14.4 Å². The second-order valence-electron chi connectivity index (χ2n) is 9.34. The number of carbonyl (C=O) groups is 1. The molecule has 3 heterocycles. The van der Waals surface area contributed by atoms with Gasteiger partial charge in [-0.3, -0.25) is 0 Å². The number of carboxylic acids is 1. The second-order valence-corrected chi connectivity index (χ2v) is 9.34. The Morgan fingerprint density at radius 3 is 2.58 bits per heavy atom. The minimum Gasteiger partial charge on any atom is -0.550 e. The summed E-state index contributed by atoms with van der Waals surface area (Å²) in [6.07, 6.45) is 3.87. The summed E-state index contributed by atoms with van der Waals surface area (Å²) in [5, 5.41) is 36.7. The molecule has 1 aliphatic carbocycles.